The Balaban J connectivity index is 2.68. The molecule has 4 nitrogen and oxygen atoms in total. The molecule has 0 aliphatic rings. The minimum absolute atomic E-state index is 0.557. The molecule has 0 bridgehead atoms. The van der Waals surface area contributed by atoms with Crippen molar-refractivity contribution in [3.05, 3.63) is 35.4 Å². The topological polar surface area (TPSA) is 43.2 Å². The first-order chi connectivity index (χ1) is 10.8. The van der Waals surface area contributed by atoms with Gasteiger partial charge in [0.2, 0.25) is 0 Å². The zero-order chi connectivity index (χ0) is 16.0. The Hall–Kier alpha value is -1.84. The summed E-state index contributed by atoms with van der Waals surface area (Å²) in [5.41, 5.74) is 3.30. The molecular formula is C18H28N2O2. The number of hydrogen-bond acceptors (Lipinski definition) is 4. The summed E-state index contributed by atoms with van der Waals surface area (Å²) in [6.07, 6.45) is 7.23. The Labute approximate surface area is 134 Å². The summed E-state index contributed by atoms with van der Waals surface area (Å²) < 4.78 is 0. The third-order valence-electron chi connectivity index (χ3n) is 3.22. The van der Waals surface area contributed by atoms with Crippen LogP contribution >= 0.6 is 0 Å². The van der Waals surface area contributed by atoms with Crippen molar-refractivity contribution in [2.75, 3.05) is 13.2 Å². The van der Waals surface area contributed by atoms with Crippen LogP contribution in [0.4, 0.5) is 0 Å². The Kier molecular flexibility index (Phi) is 9.75. The van der Waals surface area contributed by atoms with Gasteiger partial charge < -0.3 is 9.68 Å². The fourth-order valence-electron chi connectivity index (χ4n) is 2.04. The summed E-state index contributed by atoms with van der Waals surface area (Å²) in [6.45, 7) is 7.18. The fraction of sp³-hybridized carbons (Fsp3) is 0.556. The van der Waals surface area contributed by atoms with Crippen LogP contribution in [0.1, 0.15) is 57.6 Å². The first kappa shape index (κ1) is 18.2. The van der Waals surface area contributed by atoms with E-state index in [1.807, 2.05) is 13.8 Å². The van der Waals surface area contributed by atoms with Gasteiger partial charge in [-0.15, -0.1) is 0 Å². The summed E-state index contributed by atoms with van der Waals surface area (Å²) in [5, 5.41) is 8.05. The van der Waals surface area contributed by atoms with Crippen molar-refractivity contribution >= 4 is 11.9 Å². The van der Waals surface area contributed by atoms with Crippen molar-refractivity contribution in [2.45, 2.75) is 52.9 Å². The molecule has 0 amide bonds. The zero-order valence-electron chi connectivity index (χ0n) is 14.0. The Morgan fingerprint density at radius 2 is 1.73 bits per heavy atom. The highest BCUT2D eigenvalue weighted by molar-refractivity contribution is 6.06. The third-order valence-corrected chi connectivity index (χ3v) is 3.22. The van der Waals surface area contributed by atoms with Gasteiger partial charge >= 0.3 is 0 Å². The molecule has 0 heterocycles. The van der Waals surface area contributed by atoms with Gasteiger partial charge in [-0.1, -0.05) is 54.3 Å². The van der Waals surface area contributed by atoms with Gasteiger partial charge in [-0.25, -0.2) is 0 Å². The molecule has 0 fully saturated rings. The second kappa shape index (κ2) is 11.8. The summed E-state index contributed by atoms with van der Waals surface area (Å²) in [6, 6.07) is 8.56. The molecule has 0 aliphatic carbocycles. The monoisotopic (exact) mass is 304 g/mol. The molecule has 122 valence electrons. The van der Waals surface area contributed by atoms with Crippen molar-refractivity contribution in [1.29, 1.82) is 0 Å². The van der Waals surface area contributed by atoms with Crippen LogP contribution in [0.25, 0.3) is 0 Å². The predicted molar refractivity (Wildman–Crippen MR) is 92.6 cm³/mol. The molecule has 1 rings (SSSR count). The maximum absolute atomic E-state index is 5.20. The van der Waals surface area contributed by atoms with Crippen molar-refractivity contribution in [3.8, 4) is 0 Å². The maximum Gasteiger partial charge on any atom is 0.114 e. The first-order valence-corrected chi connectivity index (χ1v) is 8.23. The van der Waals surface area contributed by atoms with Gasteiger partial charge in [0.25, 0.3) is 0 Å². The van der Waals surface area contributed by atoms with Gasteiger partial charge in [0.1, 0.15) is 13.2 Å². The number of unbranched alkanes of at least 4 members (excludes halogenated alkanes) is 2. The molecule has 1 aromatic carbocycles. The molecule has 0 atom stereocenters. The standard InChI is InChI=1S/C18H28N2O2/c1-4-7-8-9-16-10-12-17(13-11-16)18(20-22-6-3)14-15-19-21-5-2/h10-13,15H,4-9,14H2,1-3H3/b19-15+,20-18-. The van der Waals surface area contributed by atoms with Crippen molar-refractivity contribution < 1.29 is 9.68 Å². The normalized spacial score (nSPS) is 11.9. The lowest BCUT2D eigenvalue weighted by Crippen LogP contribution is -2.04. The van der Waals surface area contributed by atoms with Crippen molar-refractivity contribution in [2.24, 2.45) is 10.3 Å². The zero-order valence-corrected chi connectivity index (χ0v) is 14.0. The first-order valence-electron chi connectivity index (χ1n) is 8.23. The number of hydrogen-bond donors (Lipinski definition) is 0. The van der Waals surface area contributed by atoms with E-state index >= 15 is 0 Å². The van der Waals surface area contributed by atoms with E-state index < -0.39 is 0 Å². The lowest BCUT2D eigenvalue weighted by atomic mass is 10.0. The molecule has 0 unspecified atom stereocenters. The van der Waals surface area contributed by atoms with Crippen LogP contribution < -0.4 is 0 Å². The minimum atomic E-state index is 0.557. The minimum Gasteiger partial charge on any atom is -0.396 e. The molecule has 22 heavy (non-hydrogen) atoms. The summed E-state index contributed by atoms with van der Waals surface area (Å²) >= 11 is 0. The van der Waals surface area contributed by atoms with Gasteiger partial charge in [0.15, 0.2) is 0 Å². The van der Waals surface area contributed by atoms with E-state index in [9.17, 15) is 0 Å². The number of aryl methyl sites for hydroxylation is 1. The Bertz CT molecular complexity index is 453. The van der Waals surface area contributed by atoms with E-state index in [-0.39, 0.29) is 0 Å². The highest BCUT2D eigenvalue weighted by Crippen LogP contribution is 2.11. The number of rotatable bonds is 11. The molecule has 0 radical (unpaired) electrons. The lowest BCUT2D eigenvalue weighted by molar-refractivity contribution is 0.157. The highest BCUT2D eigenvalue weighted by atomic mass is 16.6. The predicted octanol–water partition coefficient (Wildman–Crippen LogP) is 4.57. The van der Waals surface area contributed by atoms with Crippen LogP contribution in [0.2, 0.25) is 0 Å². The molecule has 1 aromatic rings. The van der Waals surface area contributed by atoms with Gasteiger partial charge in [0, 0.05) is 12.6 Å². The highest BCUT2D eigenvalue weighted by Gasteiger charge is 2.04. The van der Waals surface area contributed by atoms with Gasteiger partial charge in [-0.2, -0.15) is 0 Å². The molecule has 0 aliphatic heterocycles. The van der Waals surface area contributed by atoms with Crippen LogP contribution in [-0.2, 0) is 16.1 Å². The summed E-state index contributed by atoms with van der Waals surface area (Å²) in [5.74, 6) is 0. The second-order valence-electron chi connectivity index (χ2n) is 5.02. The van der Waals surface area contributed by atoms with Gasteiger partial charge in [-0.3, -0.25) is 0 Å². The maximum atomic E-state index is 5.20. The Morgan fingerprint density at radius 1 is 1.00 bits per heavy atom. The SMILES string of the molecule is CCCCCc1ccc(/C(C/C=N/OCC)=N\OCC)cc1. The van der Waals surface area contributed by atoms with Gasteiger partial charge in [0.05, 0.1) is 5.71 Å². The average Bonchev–Trinajstić information content (AvgIpc) is 2.55. The van der Waals surface area contributed by atoms with E-state index in [1.54, 1.807) is 6.21 Å². The Morgan fingerprint density at radius 3 is 2.36 bits per heavy atom. The molecule has 0 N–H and O–H groups in total. The smallest absolute Gasteiger partial charge is 0.114 e. The lowest BCUT2D eigenvalue weighted by Gasteiger charge is -2.06. The summed E-state index contributed by atoms with van der Waals surface area (Å²) in [7, 11) is 0. The summed E-state index contributed by atoms with van der Waals surface area (Å²) in [4.78, 5) is 10.2. The van der Waals surface area contributed by atoms with E-state index in [4.69, 9.17) is 9.68 Å². The van der Waals surface area contributed by atoms with Crippen molar-refractivity contribution in [1.82, 2.24) is 0 Å². The molecule has 0 aromatic heterocycles. The van der Waals surface area contributed by atoms with Gasteiger partial charge in [-0.05, 0) is 37.8 Å². The van der Waals surface area contributed by atoms with E-state index in [2.05, 4.69) is 41.5 Å². The molecular weight excluding hydrogens is 276 g/mol. The van der Waals surface area contributed by atoms with E-state index in [0.717, 1.165) is 17.7 Å². The fourth-order valence-corrected chi connectivity index (χ4v) is 2.04. The molecule has 0 saturated heterocycles. The van der Waals surface area contributed by atoms with Crippen LogP contribution in [-0.4, -0.2) is 25.1 Å². The van der Waals surface area contributed by atoms with E-state index in [1.165, 1.54) is 24.8 Å². The third kappa shape index (κ3) is 7.25. The van der Waals surface area contributed by atoms with Crippen molar-refractivity contribution in [3.63, 3.8) is 0 Å². The average molecular weight is 304 g/mol. The molecule has 4 heteroatoms. The van der Waals surface area contributed by atoms with Crippen LogP contribution in [0.5, 0.6) is 0 Å². The molecule has 0 spiro atoms. The quantitative estimate of drug-likeness (QED) is 0.341. The number of nitrogens with zero attached hydrogens (tertiary/aromatic N) is 2. The van der Waals surface area contributed by atoms with E-state index in [0.29, 0.717) is 19.6 Å². The number of oxime groups is 2. The molecule has 0 saturated carbocycles. The van der Waals surface area contributed by atoms with Crippen LogP contribution in [0, 0.1) is 0 Å². The largest absolute Gasteiger partial charge is 0.396 e. The number of benzene rings is 1. The van der Waals surface area contributed by atoms with Crippen LogP contribution in [0.15, 0.2) is 34.6 Å². The second-order valence-corrected chi connectivity index (χ2v) is 5.02. The van der Waals surface area contributed by atoms with Crippen LogP contribution in [0.3, 0.4) is 0 Å².